The largest absolute Gasteiger partial charge is 0.417 e. The minimum Gasteiger partial charge on any atom is -0.286 e. The molecule has 0 saturated carbocycles. The van der Waals surface area contributed by atoms with Crippen molar-refractivity contribution in [3.63, 3.8) is 0 Å². The Labute approximate surface area is 113 Å². The molecule has 1 aromatic rings. The highest BCUT2D eigenvalue weighted by Gasteiger charge is 2.35. The van der Waals surface area contributed by atoms with E-state index in [0.717, 1.165) is 18.5 Å². The third kappa shape index (κ3) is 3.93. The van der Waals surface area contributed by atoms with E-state index in [-0.39, 0.29) is 5.92 Å². The van der Waals surface area contributed by atoms with Crippen LogP contribution in [0.3, 0.4) is 0 Å². The minimum atomic E-state index is -4.65. The van der Waals surface area contributed by atoms with Gasteiger partial charge in [-0.2, -0.15) is 18.4 Å². The van der Waals surface area contributed by atoms with E-state index in [1.54, 1.807) is 13.8 Å². The van der Waals surface area contributed by atoms with Crippen LogP contribution in [-0.2, 0) is 6.18 Å². The molecular formula is C12H13F3N4O. The summed E-state index contributed by atoms with van der Waals surface area (Å²) in [6.07, 6.45) is -2.86. The van der Waals surface area contributed by atoms with Gasteiger partial charge >= 0.3 is 6.18 Å². The number of halogens is 3. The lowest BCUT2D eigenvalue weighted by Gasteiger charge is -2.17. The summed E-state index contributed by atoms with van der Waals surface area (Å²) in [6.45, 7) is 3.47. The van der Waals surface area contributed by atoms with E-state index < -0.39 is 29.3 Å². The number of amides is 1. The number of hydrogen-bond acceptors (Lipinski definition) is 4. The zero-order valence-corrected chi connectivity index (χ0v) is 10.8. The van der Waals surface area contributed by atoms with E-state index in [0.29, 0.717) is 0 Å². The van der Waals surface area contributed by atoms with Crippen molar-refractivity contribution in [3.05, 3.63) is 29.6 Å². The van der Waals surface area contributed by atoms with Crippen LogP contribution in [0.25, 0.3) is 0 Å². The Morgan fingerprint density at radius 1 is 1.45 bits per heavy atom. The molecule has 0 aromatic carbocycles. The molecule has 1 rings (SSSR count). The third-order valence-corrected chi connectivity index (χ3v) is 2.52. The average Bonchev–Trinajstić information content (AvgIpc) is 2.37. The fourth-order valence-corrected chi connectivity index (χ4v) is 1.38. The lowest BCUT2D eigenvalue weighted by molar-refractivity contribution is -0.138. The van der Waals surface area contributed by atoms with Gasteiger partial charge in [-0.1, -0.05) is 13.8 Å². The molecule has 5 nitrogen and oxygen atoms in total. The highest BCUT2D eigenvalue weighted by molar-refractivity contribution is 5.95. The first-order valence-corrected chi connectivity index (χ1v) is 5.74. The first-order chi connectivity index (χ1) is 9.27. The van der Waals surface area contributed by atoms with Gasteiger partial charge in [-0.15, -0.1) is 0 Å². The van der Waals surface area contributed by atoms with Gasteiger partial charge < -0.3 is 0 Å². The van der Waals surface area contributed by atoms with Crippen LogP contribution in [0, 0.1) is 17.2 Å². The molecule has 0 fully saturated rings. The van der Waals surface area contributed by atoms with Crippen LogP contribution in [0.5, 0.6) is 0 Å². The molecule has 0 aliphatic carbocycles. The van der Waals surface area contributed by atoms with Gasteiger partial charge in [0, 0.05) is 12.4 Å². The predicted molar refractivity (Wildman–Crippen MR) is 64.1 cm³/mol. The van der Waals surface area contributed by atoms with Crippen LogP contribution in [0.15, 0.2) is 18.5 Å². The summed E-state index contributed by atoms with van der Waals surface area (Å²) in [5, 5.41) is 8.81. The molecule has 2 N–H and O–H groups in total. The first-order valence-electron chi connectivity index (χ1n) is 5.74. The standard InChI is InChI=1S/C12H13F3N4O/c1-7(2)10(5-16)18-19-11(20)8-6-17-4-3-9(8)12(13,14)15/h3-4,6-7,10,18H,1-2H3,(H,19,20). The molecule has 20 heavy (non-hydrogen) atoms. The fourth-order valence-electron chi connectivity index (χ4n) is 1.38. The topological polar surface area (TPSA) is 77.8 Å². The first kappa shape index (κ1) is 15.9. The molecule has 1 atom stereocenters. The van der Waals surface area contributed by atoms with Crippen molar-refractivity contribution < 1.29 is 18.0 Å². The number of hydrazine groups is 1. The van der Waals surface area contributed by atoms with Crippen LogP contribution < -0.4 is 10.9 Å². The molecule has 0 aliphatic heterocycles. The summed E-state index contributed by atoms with van der Waals surface area (Å²) in [5.41, 5.74) is 2.80. The molecule has 1 unspecified atom stereocenters. The maximum Gasteiger partial charge on any atom is 0.417 e. The van der Waals surface area contributed by atoms with Gasteiger partial charge in [0.25, 0.3) is 5.91 Å². The van der Waals surface area contributed by atoms with Gasteiger partial charge in [-0.3, -0.25) is 15.2 Å². The minimum absolute atomic E-state index is 0.115. The second-order valence-corrected chi connectivity index (χ2v) is 4.37. The normalized spacial score (nSPS) is 12.8. The van der Waals surface area contributed by atoms with E-state index in [1.807, 2.05) is 6.07 Å². The Balaban J connectivity index is 2.87. The molecular weight excluding hydrogens is 273 g/mol. The number of pyridine rings is 1. The molecule has 1 aromatic heterocycles. The van der Waals surface area contributed by atoms with Gasteiger partial charge in [-0.25, -0.2) is 5.43 Å². The fraction of sp³-hybridized carbons (Fsp3) is 0.417. The van der Waals surface area contributed by atoms with Crippen LogP contribution in [0.2, 0.25) is 0 Å². The highest BCUT2D eigenvalue weighted by Crippen LogP contribution is 2.31. The lowest BCUT2D eigenvalue weighted by atomic mass is 10.1. The number of alkyl halides is 3. The average molecular weight is 286 g/mol. The number of nitrogens with zero attached hydrogens (tertiary/aromatic N) is 2. The molecule has 0 saturated heterocycles. The maximum atomic E-state index is 12.7. The predicted octanol–water partition coefficient (Wildman–Crippen LogP) is 1.88. The number of nitrogens with one attached hydrogen (secondary N) is 2. The molecule has 1 heterocycles. The number of carbonyl (C=O) groups excluding carboxylic acids is 1. The van der Waals surface area contributed by atoms with Crippen LogP contribution in [0.4, 0.5) is 13.2 Å². The van der Waals surface area contributed by atoms with E-state index in [1.165, 1.54) is 0 Å². The SMILES string of the molecule is CC(C)C(C#N)NNC(=O)c1cnccc1C(F)(F)F. The van der Waals surface area contributed by atoms with Crippen LogP contribution >= 0.6 is 0 Å². The van der Waals surface area contributed by atoms with Crippen LogP contribution in [0.1, 0.15) is 29.8 Å². The summed E-state index contributed by atoms with van der Waals surface area (Å²) in [6, 6.07) is 1.91. The van der Waals surface area contributed by atoms with Gasteiger partial charge in [0.2, 0.25) is 0 Å². The summed E-state index contributed by atoms with van der Waals surface area (Å²) in [5.74, 6) is -1.11. The Bertz CT molecular complexity index is 522. The number of rotatable bonds is 4. The molecule has 0 bridgehead atoms. The van der Waals surface area contributed by atoms with E-state index >= 15 is 0 Å². The number of carbonyl (C=O) groups is 1. The van der Waals surface area contributed by atoms with E-state index in [9.17, 15) is 18.0 Å². The van der Waals surface area contributed by atoms with Crippen molar-refractivity contribution in [2.75, 3.05) is 0 Å². The Morgan fingerprint density at radius 2 is 2.10 bits per heavy atom. The van der Waals surface area contributed by atoms with E-state index in [4.69, 9.17) is 5.26 Å². The molecule has 0 spiro atoms. The van der Waals surface area contributed by atoms with Gasteiger partial charge in [0.1, 0.15) is 6.04 Å². The van der Waals surface area contributed by atoms with Crippen LogP contribution in [-0.4, -0.2) is 16.9 Å². The van der Waals surface area contributed by atoms with Crippen molar-refractivity contribution in [3.8, 4) is 6.07 Å². The maximum absolute atomic E-state index is 12.7. The number of nitriles is 1. The molecule has 108 valence electrons. The summed E-state index contributed by atoms with van der Waals surface area (Å²) in [4.78, 5) is 15.2. The lowest BCUT2D eigenvalue weighted by Crippen LogP contribution is -2.46. The van der Waals surface area contributed by atoms with Gasteiger partial charge in [-0.05, 0) is 12.0 Å². The molecule has 8 heteroatoms. The summed E-state index contributed by atoms with van der Waals surface area (Å²) < 4.78 is 38.2. The Hall–Kier alpha value is -2.14. The highest BCUT2D eigenvalue weighted by atomic mass is 19.4. The third-order valence-electron chi connectivity index (χ3n) is 2.52. The quantitative estimate of drug-likeness (QED) is 0.828. The molecule has 0 radical (unpaired) electrons. The van der Waals surface area contributed by atoms with Crippen molar-refractivity contribution in [1.29, 1.82) is 5.26 Å². The second kappa shape index (κ2) is 6.34. The molecule has 1 amide bonds. The zero-order valence-electron chi connectivity index (χ0n) is 10.8. The Kier molecular flexibility index (Phi) is 5.05. The number of aromatic nitrogens is 1. The molecule has 0 aliphatic rings. The van der Waals surface area contributed by atoms with Crippen molar-refractivity contribution in [2.24, 2.45) is 5.92 Å². The smallest absolute Gasteiger partial charge is 0.286 e. The van der Waals surface area contributed by atoms with Crippen molar-refractivity contribution in [1.82, 2.24) is 15.8 Å². The summed E-state index contributed by atoms with van der Waals surface area (Å²) >= 11 is 0. The Morgan fingerprint density at radius 3 is 2.60 bits per heavy atom. The van der Waals surface area contributed by atoms with E-state index in [2.05, 4.69) is 15.8 Å². The number of hydrogen-bond donors (Lipinski definition) is 2. The van der Waals surface area contributed by atoms with Gasteiger partial charge in [0.05, 0.1) is 17.2 Å². The zero-order chi connectivity index (χ0) is 15.3. The summed E-state index contributed by atoms with van der Waals surface area (Å²) in [7, 11) is 0. The van der Waals surface area contributed by atoms with Gasteiger partial charge in [0.15, 0.2) is 0 Å². The van der Waals surface area contributed by atoms with Crippen molar-refractivity contribution >= 4 is 5.91 Å². The second-order valence-electron chi connectivity index (χ2n) is 4.37. The monoisotopic (exact) mass is 286 g/mol. The van der Waals surface area contributed by atoms with Crippen molar-refractivity contribution in [2.45, 2.75) is 26.1 Å².